The van der Waals surface area contributed by atoms with Crippen LogP contribution in [0, 0.1) is 5.82 Å². The SMILES string of the molecule is CN(C)S(=O)(=O)c1cccc(C(=O)NNC(=O)C2CC(=O)Nc3cc(F)ccc32)c1. The van der Waals surface area contributed by atoms with Gasteiger partial charge in [-0.1, -0.05) is 12.1 Å². The van der Waals surface area contributed by atoms with Gasteiger partial charge in [-0.2, -0.15) is 0 Å². The number of fused-ring (bicyclic) bond motifs is 1. The van der Waals surface area contributed by atoms with E-state index >= 15 is 0 Å². The second-order valence-electron chi connectivity index (χ2n) is 6.80. The van der Waals surface area contributed by atoms with Gasteiger partial charge < -0.3 is 5.32 Å². The molecule has 0 radical (unpaired) electrons. The summed E-state index contributed by atoms with van der Waals surface area (Å²) in [6.45, 7) is 0. The molecule has 1 aliphatic heterocycles. The van der Waals surface area contributed by atoms with Gasteiger partial charge in [0.1, 0.15) is 5.82 Å². The molecule has 30 heavy (non-hydrogen) atoms. The van der Waals surface area contributed by atoms with Crippen LogP contribution >= 0.6 is 0 Å². The zero-order valence-electron chi connectivity index (χ0n) is 16.1. The topological polar surface area (TPSA) is 125 Å². The number of anilines is 1. The van der Waals surface area contributed by atoms with Crippen molar-refractivity contribution in [3.8, 4) is 0 Å². The van der Waals surface area contributed by atoms with Crippen LogP contribution in [0.5, 0.6) is 0 Å². The van der Waals surface area contributed by atoms with Crippen molar-refractivity contribution in [2.75, 3.05) is 19.4 Å². The van der Waals surface area contributed by atoms with Gasteiger partial charge in [0.05, 0.1) is 10.8 Å². The van der Waals surface area contributed by atoms with Gasteiger partial charge >= 0.3 is 0 Å². The Bertz CT molecular complexity index is 1130. The van der Waals surface area contributed by atoms with E-state index in [1.54, 1.807) is 0 Å². The number of nitrogens with one attached hydrogen (secondary N) is 3. The summed E-state index contributed by atoms with van der Waals surface area (Å²) in [5.41, 5.74) is 5.07. The normalized spacial score (nSPS) is 15.9. The highest BCUT2D eigenvalue weighted by molar-refractivity contribution is 7.89. The Labute approximate surface area is 172 Å². The molecule has 2 aromatic rings. The van der Waals surface area contributed by atoms with Gasteiger partial charge in [0.15, 0.2) is 0 Å². The maximum absolute atomic E-state index is 13.4. The van der Waals surface area contributed by atoms with E-state index in [4.69, 9.17) is 0 Å². The number of hydrogen-bond acceptors (Lipinski definition) is 5. The third-order valence-corrected chi connectivity index (χ3v) is 6.36. The van der Waals surface area contributed by atoms with Crippen LogP contribution in [-0.4, -0.2) is 44.5 Å². The van der Waals surface area contributed by atoms with E-state index in [1.807, 2.05) is 0 Å². The second-order valence-corrected chi connectivity index (χ2v) is 8.95. The predicted octanol–water partition coefficient (Wildman–Crippen LogP) is 0.963. The number of rotatable bonds is 4. The molecule has 11 heteroatoms. The monoisotopic (exact) mass is 434 g/mol. The number of hydrazine groups is 1. The molecular formula is C19H19FN4O5S. The molecule has 3 N–H and O–H groups in total. The molecular weight excluding hydrogens is 415 g/mol. The van der Waals surface area contributed by atoms with E-state index in [1.165, 1.54) is 50.5 Å². The minimum Gasteiger partial charge on any atom is -0.326 e. The van der Waals surface area contributed by atoms with Gasteiger partial charge in [-0.05, 0) is 35.9 Å². The Morgan fingerprint density at radius 2 is 1.87 bits per heavy atom. The maximum Gasteiger partial charge on any atom is 0.269 e. The van der Waals surface area contributed by atoms with E-state index in [9.17, 15) is 27.2 Å². The molecule has 0 fully saturated rings. The van der Waals surface area contributed by atoms with Gasteiger partial charge in [0.2, 0.25) is 21.8 Å². The molecule has 3 amide bonds. The molecule has 0 aliphatic carbocycles. The Morgan fingerprint density at radius 1 is 1.13 bits per heavy atom. The average Bonchev–Trinajstić information content (AvgIpc) is 2.70. The Kier molecular flexibility index (Phi) is 5.85. The Morgan fingerprint density at radius 3 is 2.57 bits per heavy atom. The minimum atomic E-state index is -3.73. The highest BCUT2D eigenvalue weighted by Crippen LogP contribution is 2.32. The molecule has 0 saturated carbocycles. The second kappa shape index (κ2) is 8.20. The number of amides is 3. The van der Waals surface area contributed by atoms with Crippen molar-refractivity contribution in [1.82, 2.24) is 15.2 Å². The van der Waals surface area contributed by atoms with Crippen molar-refractivity contribution >= 4 is 33.4 Å². The van der Waals surface area contributed by atoms with Crippen molar-refractivity contribution in [3.05, 3.63) is 59.4 Å². The summed E-state index contributed by atoms with van der Waals surface area (Å²) in [5.74, 6) is -3.34. The van der Waals surface area contributed by atoms with Gasteiger partial charge in [-0.25, -0.2) is 17.1 Å². The summed E-state index contributed by atoms with van der Waals surface area (Å²) in [7, 11) is -0.999. The molecule has 0 saturated heterocycles. The lowest BCUT2D eigenvalue weighted by Gasteiger charge is -2.24. The summed E-state index contributed by atoms with van der Waals surface area (Å²) < 4.78 is 38.8. The minimum absolute atomic E-state index is 0.0158. The lowest BCUT2D eigenvalue weighted by Crippen LogP contribution is -2.45. The molecule has 158 valence electrons. The van der Waals surface area contributed by atoms with Crippen LogP contribution in [0.3, 0.4) is 0 Å². The fraction of sp³-hybridized carbons (Fsp3) is 0.211. The molecule has 2 aromatic carbocycles. The molecule has 9 nitrogen and oxygen atoms in total. The first-order valence-corrected chi connectivity index (χ1v) is 10.3. The first-order chi connectivity index (χ1) is 14.1. The molecule has 1 atom stereocenters. The van der Waals surface area contributed by atoms with Crippen LogP contribution < -0.4 is 16.2 Å². The number of sulfonamides is 1. The highest BCUT2D eigenvalue weighted by Gasteiger charge is 2.31. The molecule has 0 spiro atoms. The summed E-state index contributed by atoms with van der Waals surface area (Å²) >= 11 is 0. The molecule has 3 rings (SSSR count). The first-order valence-electron chi connectivity index (χ1n) is 8.81. The summed E-state index contributed by atoms with van der Waals surface area (Å²) in [4.78, 5) is 36.7. The standard InChI is InChI=1S/C19H19FN4O5S/c1-24(2)30(28,29)13-5-3-4-11(8-13)18(26)22-23-19(27)15-10-17(25)21-16-9-12(20)6-7-14(15)16/h3-9,15H,10H2,1-2H3,(H,21,25)(H,22,26)(H,23,27). The number of halogens is 1. The zero-order chi connectivity index (χ0) is 22.1. The van der Waals surface area contributed by atoms with Crippen LogP contribution in [-0.2, 0) is 19.6 Å². The van der Waals surface area contributed by atoms with Crippen LogP contribution in [0.4, 0.5) is 10.1 Å². The van der Waals surface area contributed by atoms with Crippen molar-refractivity contribution in [2.45, 2.75) is 17.2 Å². The maximum atomic E-state index is 13.4. The van der Waals surface area contributed by atoms with E-state index in [0.717, 1.165) is 10.4 Å². The van der Waals surface area contributed by atoms with E-state index in [-0.39, 0.29) is 22.6 Å². The van der Waals surface area contributed by atoms with Gasteiger partial charge in [0.25, 0.3) is 5.91 Å². The Hall–Kier alpha value is -3.31. The summed E-state index contributed by atoms with van der Waals surface area (Å²) in [6.07, 6.45) is -0.170. The average molecular weight is 434 g/mol. The van der Waals surface area contributed by atoms with E-state index in [2.05, 4.69) is 16.2 Å². The molecule has 0 aromatic heterocycles. The number of carbonyl (C=O) groups excluding carboxylic acids is 3. The summed E-state index contributed by atoms with van der Waals surface area (Å²) in [6, 6.07) is 9.01. The van der Waals surface area contributed by atoms with E-state index < -0.39 is 39.5 Å². The quantitative estimate of drug-likeness (QED) is 0.619. The highest BCUT2D eigenvalue weighted by atomic mass is 32.2. The van der Waals surface area contributed by atoms with Crippen LogP contribution in [0.2, 0.25) is 0 Å². The number of carbonyl (C=O) groups is 3. The number of benzene rings is 2. The lowest BCUT2D eigenvalue weighted by atomic mass is 9.90. The third-order valence-electron chi connectivity index (χ3n) is 4.54. The van der Waals surface area contributed by atoms with Crippen LogP contribution in [0.25, 0.3) is 0 Å². The Balaban J connectivity index is 1.73. The predicted molar refractivity (Wildman–Crippen MR) is 105 cm³/mol. The van der Waals surface area contributed by atoms with Gasteiger partial charge in [-0.15, -0.1) is 0 Å². The fourth-order valence-corrected chi connectivity index (χ4v) is 3.91. The smallest absolute Gasteiger partial charge is 0.269 e. The lowest BCUT2D eigenvalue weighted by molar-refractivity contribution is -0.126. The molecule has 1 heterocycles. The van der Waals surface area contributed by atoms with Crippen molar-refractivity contribution in [1.29, 1.82) is 0 Å². The first kappa shape index (κ1) is 21.4. The largest absolute Gasteiger partial charge is 0.326 e. The van der Waals surface area contributed by atoms with E-state index in [0.29, 0.717) is 5.56 Å². The van der Waals surface area contributed by atoms with Crippen molar-refractivity contribution in [2.24, 2.45) is 0 Å². The number of nitrogens with zero attached hydrogens (tertiary/aromatic N) is 1. The van der Waals surface area contributed by atoms with Crippen LogP contribution in [0.1, 0.15) is 28.3 Å². The zero-order valence-corrected chi connectivity index (χ0v) is 16.9. The molecule has 0 bridgehead atoms. The molecule has 1 aliphatic rings. The summed E-state index contributed by atoms with van der Waals surface area (Å²) in [5, 5.41) is 2.50. The van der Waals surface area contributed by atoms with Crippen LogP contribution in [0.15, 0.2) is 47.4 Å². The molecule has 1 unspecified atom stereocenters. The van der Waals surface area contributed by atoms with Crippen molar-refractivity contribution in [3.63, 3.8) is 0 Å². The third kappa shape index (κ3) is 4.31. The number of hydrogen-bond donors (Lipinski definition) is 3. The van der Waals surface area contributed by atoms with Crippen molar-refractivity contribution < 1.29 is 27.2 Å². The van der Waals surface area contributed by atoms with Gasteiger partial charge in [0, 0.05) is 31.8 Å². The fourth-order valence-electron chi connectivity index (χ4n) is 2.96. The van der Waals surface area contributed by atoms with Gasteiger partial charge in [-0.3, -0.25) is 25.2 Å².